The van der Waals surface area contributed by atoms with Crippen LogP contribution in [0.5, 0.6) is 0 Å². The standard InChI is InChI=1S/C12H15N5OS/c1-8-4-3-5-9(6-8)11-15-16-12(17(11)2)19-7-10(18)14-13/h3-6H,7,13H2,1-2H3,(H,14,18). The second-order valence-corrected chi connectivity index (χ2v) is 5.03. The first-order chi connectivity index (χ1) is 9.11. The number of nitrogens with two attached hydrogens (primary N) is 1. The number of amides is 1. The minimum Gasteiger partial charge on any atom is -0.305 e. The van der Waals surface area contributed by atoms with Crippen LogP contribution in [0.2, 0.25) is 0 Å². The van der Waals surface area contributed by atoms with E-state index in [9.17, 15) is 4.79 Å². The summed E-state index contributed by atoms with van der Waals surface area (Å²) in [5, 5.41) is 8.92. The molecule has 0 fully saturated rings. The van der Waals surface area contributed by atoms with E-state index in [4.69, 9.17) is 5.84 Å². The van der Waals surface area contributed by atoms with E-state index in [1.807, 2.05) is 42.8 Å². The van der Waals surface area contributed by atoms with E-state index in [2.05, 4.69) is 15.6 Å². The Morgan fingerprint density at radius 2 is 2.26 bits per heavy atom. The van der Waals surface area contributed by atoms with Gasteiger partial charge in [-0.3, -0.25) is 10.2 Å². The summed E-state index contributed by atoms with van der Waals surface area (Å²) in [5.41, 5.74) is 4.25. The summed E-state index contributed by atoms with van der Waals surface area (Å²) in [6, 6.07) is 8.04. The van der Waals surface area contributed by atoms with Crippen LogP contribution in [0, 0.1) is 6.92 Å². The summed E-state index contributed by atoms with van der Waals surface area (Å²) in [5.74, 6) is 5.78. The number of benzene rings is 1. The van der Waals surface area contributed by atoms with E-state index in [-0.39, 0.29) is 11.7 Å². The molecule has 1 aromatic carbocycles. The van der Waals surface area contributed by atoms with Gasteiger partial charge in [-0.05, 0) is 13.0 Å². The number of rotatable bonds is 4. The van der Waals surface area contributed by atoms with Crippen LogP contribution in [0.3, 0.4) is 0 Å². The van der Waals surface area contributed by atoms with Crippen LogP contribution in [0.1, 0.15) is 5.56 Å². The fourth-order valence-electron chi connectivity index (χ4n) is 1.65. The summed E-state index contributed by atoms with van der Waals surface area (Å²) in [7, 11) is 1.88. The van der Waals surface area contributed by atoms with Gasteiger partial charge in [0, 0.05) is 12.6 Å². The van der Waals surface area contributed by atoms with E-state index in [0.717, 1.165) is 17.0 Å². The predicted octanol–water partition coefficient (Wildman–Crippen LogP) is 0.873. The third-order valence-electron chi connectivity index (χ3n) is 2.60. The van der Waals surface area contributed by atoms with Crippen LogP contribution in [-0.2, 0) is 11.8 Å². The Balaban J connectivity index is 2.21. The van der Waals surface area contributed by atoms with Crippen molar-refractivity contribution in [2.75, 3.05) is 5.75 Å². The van der Waals surface area contributed by atoms with Gasteiger partial charge in [0.1, 0.15) is 0 Å². The second-order valence-electron chi connectivity index (χ2n) is 4.09. The molecule has 2 aromatic rings. The molecule has 2 rings (SSSR count). The van der Waals surface area contributed by atoms with Gasteiger partial charge in [0.25, 0.3) is 0 Å². The Bertz CT molecular complexity index is 596. The SMILES string of the molecule is Cc1cccc(-c2nnc(SCC(=O)NN)n2C)c1. The lowest BCUT2D eigenvalue weighted by molar-refractivity contribution is -0.118. The van der Waals surface area contributed by atoms with Crippen molar-refractivity contribution in [2.24, 2.45) is 12.9 Å². The highest BCUT2D eigenvalue weighted by Crippen LogP contribution is 2.22. The summed E-state index contributed by atoms with van der Waals surface area (Å²) in [4.78, 5) is 11.1. The first kappa shape index (κ1) is 13.6. The number of aryl methyl sites for hydroxylation is 1. The fraction of sp³-hybridized carbons (Fsp3) is 0.250. The van der Waals surface area contributed by atoms with Gasteiger partial charge in [0.2, 0.25) is 5.91 Å². The maximum atomic E-state index is 11.1. The summed E-state index contributed by atoms with van der Waals surface area (Å²) >= 11 is 1.30. The third kappa shape index (κ3) is 3.12. The molecule has 0 spiro atoms. The zero-order valence-electron chi connectivity index (χ0n) is 10.8. The molecule has 0 aliphatic carbocycles. The third-order valence-corrected chi connectivity index (χ3v) is 3.62. The number of thioether (sulfide) groups is 1. The average Bonchev–Trinajstić information content (AvgIpc) is 2.77. The predicted molar refractivity (Wildman–Crippen MR) is 74.2 cm³/mol. The topological polar surface area (TPSA) is 85.8 Å². The molecule has 1 aromatic heterocycles. The van der Waals surface area contributed by atoms with Crippen LogP contribution in [-0.4, -0.2) is 26.4 Å². The normalized spacial score (nSPS) is 10.5. The Morgan fingerprint density at radius 3 is 2.95 bits per heavy atom. The Kier molecular flexibility index (Phi) is 4.18. The lowest BCUT2D eigenvalue weighted by Crippen LogP contribution is -2.31. The van der Waals surface area contributed by atoms with Gasteiger partial charge in [-0.15, -0.1) is 10.2 Å². The maximum Gasteiger partial charge on any atom is 0.244 e. The molecule has 7 heteroatoms. The highest BCUT2D eigenvalue weighted by Gasteiger charge is 2.12. The number of carbonyl (C=O) groups excluding carboxylic acids is 1. The molecule has 0 saturated heterocycles. The molecule has 0 bridgehead atoms. The minimum absolute atomic E-state index is 0.219. The Morgan fingerprint density at radius 1 is 1.47 bits per heavy atom. The number of hydrogen-bond donors (Lipinski definition) is 2. The van der Waals surface area contributed by atoms with Gasteiger partial charge in [-0.25, -0.2) is 5.84 Å². The van der Waals surface area contributed by atoms with Crippen LogP contribution < -0.4 is 11.3 Å². The monoisotopic (exact) mass is 277 g/mol. The maximum absolute atomic E-state index is 11.1. The van der Waals surface area contributed by atoms with Crippen LogP contribution in [0.15, 0.2) is 29.4 Å². The highest BCUT2D eigenvalue weighted by atomic mass is 32.2. The quantitative estimate of drug-likeness (QED) is 0.375. The van der Waals surface area contributed by atoms with Crippen molar-refractivity contribution in [1.29, 1.82) is 0 Å². The second kappa shape index (κ2) is 5.85. The molecule has 100 valence electrons. The molecule has 0 aliphatic rings. The van der Waals surface area contributed by atoms with Gasteiger partial charge < -0.3 is 4.57 Å². The van der Waals surface area contributed by atoms with Gasteiger partial charge in [0.05, 0.1) is 5.75 Å². The van der Waals surface area contributed by atoms with Crippen LogP contribution >= 0.6 is 11.8 Å². The highest BCUT2D eigenvalue weighted by molar-refractivity contribution is 7.99. The smallest absolute Gasteiger partial charge is 0.244 e. The molecule has 0 aliphatic heterocycles. The van der Waals surface area contributed by atoms with Gasteiger partial charge in [0.15, 0.2) is 11.0 Å². The van der Waals surface area contributed by atoms with Crippen molar-refractivity contribution < 1.29 is 4.79 Å². The van der Waals surface area contributed by atoms with Gasteiger partial charge in [-0.1, -0.05) is 35.5 Å². The van der Waals surface area contributed by atoms with E-state index in [1.165, 1.54) is 11.8 Å². The molecule has 19 heavy (non-hydrogen) atoms. The Labute approximate surface area is 115 Å². The summed E-state index contributed by atoms with van der Waals surface area (Å²) < 4.78 is 1.86. The lowest BCUT2D eigenvalue weighted by Gasteiger charge is -2.04. The first-order valence-corrected chi connectivity index (χ1v) is 6.69. The molecular weight excluding hydrogens is 262 g/mol. The molecule has 0 radical (unpaired) electrons. The average molecular weight is 277 g/mol. The number of hydrogen-bond acceptors (Lipinski definition) is 5. The Hall–Kier alpha value is -1.86. The molecule has 6 nitrogen and oxygen atoms in total. The molecule has 1 amide bonds. The molecular formula is C12H15N5OS. The first-order valence-electron chi connectivity index (χ1n) is 5.70. The molecule has 0 saturated carbocycles. The van der Waals surface area contributed by atoms with Gasteiger partial charge >= 0.3 is 0 Å². The van der Waals surface area contributed by atoms with Crippen molar-refractivity contribution >= 4 is 17.7 Å². The van der Waals surface area contributed by atoms with E-state index in [1.54, 1.807) is 0 Å². The zero-order chi connectivity index (χ0) is 13.8. The number of hydrazine groups is 1. The number of carbonyl (C=O) groups is 1. The van der Waals surface area contributed by atoms with Gasteiger partial charge in [-0.2, -0.15) is 0 Å². The molecule has 3 N–H and O–H groups in total. The van der Waals surface area contributed by atoms with E-state index >= 15 is 0 Å². The molecule has 1 heterocycles. The summed E-state index contributed by atoms with van der Waals surface area (Å²) in [6.07, 6.45) is 0. The number of nitrogens with one attached hydrogen (secondary N) is 1. The molecule has 0 atom stereocenters. The largest absolute Gasteiger partial charge is 0.305 e. The zero-order valence-corrected chi connectivity index (χ0v) is 11.6. The van der Waals surface area contributed by atoms with Crippen LogP contribution in [0.25, 0.3) is 11.4 Å². The van der Waals surface area contributed by atoms with Crippen molar-refractivity contribution in [3.63, 3.8) is 0 Å². The van der Waals surface area contributed by atoms with Crippen molar-refractivity contribution in [3.05, 3.63) is 29.8 Å². The lowest BCUT2D eigenvalue weighted by atomic mass is 10.1. The number of nitrogens with zero attached hydrogens (tertiary/aromatic N) is 3. The van der Waals surface area contributed by atoms with E-state index < -0.39 is 0 Å². The van der Waals surface area contributed by atoms with Crippen molar-refractivity contribution in [1.82, 2.24) is 20.2 Å². The fourth-order valence-corrected chi connectivity index (χ4v) is 2.37. The van der Waals surface area contributed by atoms with Crippen LogP contribution in [0.4, 0.5) is 0 Å². The minimum atomic E-state index is -0.245. The number of aromatic nitrogens is 3. The summed E-state index contributed by atoms with van der Waals surface area (Å²) in [6.45, 7) is 2.03. The van der Waals surface area contributed by atoms with E-state index in [0.29, 0.717) is 5.16 Å². The van der Waals surface area contributed by atoms with Crippen molar-refractivity contribution in [3.8, 4) is 11.4 Å². The molecule has 0 unspecified atom stereocenters. The van der Waals surface area contributed by atoms with Crippen molar-refractivity contribution in [2.45, 2.75) is 12.1 Å².